The Morgan fingerprint density at radius 2 is 1.88 bits per heavy atom. The summed E-state index contributed by atoms with van der Waals surface area (Å²) in [6.45, 7) is 9.28. The first kappa shape index (κ1) is 14.9. The molecule has 2 nitrogen and oxygen atoms in total. The fourth-order valence-electron chi connectivity index (χ4n) is 1.03. The molecule has 0 saturated carbocycles. The molecular weight excluding hydrogens is 207 g/mol. The second-order valence-corrected chi connectivity index (χ2v) is 4.01. The van der Waals surface area contributed by atoms with Crippen LogP contribution in [0.15, 0.2) is 18.2 Å². The van der Waals surface area contributed by atoms with E-state index in [1.807, 2.05) is 13.8 Å². The number of hydrogen-bond acceptors (Lipinski definition) is 2. The molecule has 0 aliphatic rings. The Morgan fingerprint density at radius 1 is 1.31 bits per heavy atom. The SMILES string of the molecule is CC.Cc1cc(F)ccc1OCC(C)(C)O. The van der Waals surface area contributed by atoms with Crippen LogP contribution >= 0.6 is 0 Å². The zero-order valence-electron chi connectivity index (χ0n) is 10.7. The third kappa shape index (κ3) is 5.71. The van der Waals surface area contributed by atoms with Crippen molar-refractivity contribution in [3.63, 3.8) is 0 Å². The van der Waals surface area contributed by atoms with E-state index in [2.05, 4.69) is 0 Å². The number of aliphatic hydroxyl groups is 1. The lowest BCUT2D eigenvalue weighted by Gasteiger charge is -2.18. The van der Waals surface area contributed by atoms with Gasteiger partial charge in [-0.25, -0.2) is 4.39 Å². The number of rotatable bonds is 3. The molecule has 1 aromatic rings. The van der Waals surface area contributed by atoms with Gasteiger partial charge in [0, 0.05) is 0 Å². The van der Waals surface area contributed by atoms with Crippen molar-refractivity contribution in [2.45, 2.75) is 40.2 Å². The van der Waals surface area contributed by atoms with Crippen LogP contribution in [0, 0.1) is 12.7 Å². The number of ether oxygens (including phenoxy) is 1. The Kier molecular flexibility index (Phi) is 6.04. The predicted octanol–water partition coefficient (Wildman–Crippen LogP) is 3.31. The summed E-state index contributed by atoms with van der Waals surface area (Å²) in [5, 5.41) is 9.43. The maximum absolute atomic E-state index is 12.7. The molecule has 0 aromatic heterocycles. The van der Waals surface area contributed by atoms with Crippen molar-refractivity contribution in [3.05, 3.63) is 29.6 Å². The van der Waals surface area contributed by atoms with Crippen molar-refractivity contribution >= 4 is 0 Å². The van der Waals surface area contributed by atoms with Crippen LogP contribution in [0.2, 0.25) is 0 Å². The molecule has 16 heavy (non-hydrogen) atoms. The van der Waals surface area contributed by atoms with E-state index < -0.39 is 5.60 Å². The Hall–Kier alpha value is -1.09. The lowest BCUT2D eigenvalue weighted by Crippen LogP contribution is -2.28. The summed E-state index contributed by atoms with van der Waals surface area (Å²) in [6, 6.07) is 4.31. The number of halogens is 1. The van der Waals surface area contributed by atoms with Gasteiger partial charge in [0.15, 0.2) is 0 Å². The van der Waals surface area contributed by atoms with E-state index >= 15 is 0 Å². The highest BCUT2D eigenvalue weighted by Gasteiger charge is 2.13. The fourth-order valence-corrected chi connectivity index (χ4v) is 1.03. The summed E-state index contributed by atoms with van der Waals surface area (Å²) in [5.41, 5.74) is -0.143. The molecule has 1 rings (SSSR count). The molecule has 0 spiro atoms. The smallest absolute Gasteiger partial charge is 0.123 e. The number of hydrogen-bond donors (Lipinski definition) is 1. The Labute approximate surface area is 97.1 Å². The lowest BCUT2D eigenvalue weighted by molar-refractivity contribution is 0.0282. The van der Waals surface area contributed by atoms with E-state index in [9.17, 15) is 9.50 Å². The van der Waals surface area contributed by atoms with Gasteiger partial charge in [0.25, 0.3) is 0 Å². The van der Waals surface area contributed by atoms with E-state index in [-0.39, 0.29) is 12.4 Å². The molecule has 0 bridgehead atoms. The molecule has 0 fully saturated rings. The van der Waals surface area contributed by atoms with Gasteiger partial charge in [0.05, 0.1) is 5.60 Å². The molecule has 0 amide bonds. The summed E-state index contributed by atoms with van der Waals surface area (Å²) in [5.74, 6) is 0.326. The molecule has 0 aliphatic heterocycles. The molecule has 0 saturated heterocycles. The summed E-state index contributed by atoms with van der Waals surface area (Å²) in [7, 11) is 0. The van der Waals surface area contributed by atoms with Crippen LogP contribution in [0.3, 0.4) is 0 Å². The summed E-state index contributed by atoms with van der Waals surface area (Å²) < 4.78 is 18.1. The molecule has 1 aromatic carbocycles. The third-order valence-electron chi connectivity index (χ3n) is 1.72. The first-order valence-electron chi connectivity index (χ1n) is 5.50. The Bertz CT molecular complexity index is 316. The largest absolute Gasteiger partial charge is 0.490 e. The van der Waals surface area contributed by atoms with Gasteiger partial charge in [0.1, 0.15) is 18.2 Å². The average Bonchev–Trinajstić information content (AvgIpc) is 2.18. The molecule has 3 heteroatoms. The fraction of sp³-hybridized carbons (Fsp3) is 0.538. The van der Waals surface area contributed by atoms with Crippen molar-refractivity contribution < 1.29 is 14.2 Å². The van der Waals surface area contributed by atoms with Crippen LogP contribution in [0.5, 0.6) is 5.75 Å². The van der Waals surface area contributed by atoms with Crippen LogP contribution in [-0.2, 0) is 0 Å². The molecule has 0 heterocycles. The van der Waals surface area contributed by atoms with Crippen LogP contribution in [-0.4, -0.2) is 17.3 Å². The van der Waals surface area contributed by atoms with Crippen molar-refractivity contribution in [2.24, 2.45) is 0 Å². The second kappa shape index (κ2) is 6.48. The zero-order chi connectivity index (χ0) is 12.8. The number of aryl methyl sites for hydroxylation is 1. The normalized spacial score (nSPS) is 10.4. The Morgan fingerprint density at radius 3 is 2.31 bits per heavy atom. The van der Waals surface area contributed by atoms with Crippen LogP contribution in [0.25, 0.3) is 0 Å². The molecule has 1 N–H and O–H groups in total. The quantitative estimate of drug-likeness (QED) is 0.860. The highest BCUT2D eigenvalue weighted by molar-refractivity contribution is 5.32. The van der Waals surface area contributed by atoms with E-state index in [0.29, 0.717) is 5.75 Å². The average molecular weight is 228 g/mol. The van der Waals surface area contributed by atoms with Crippen molar-refractivity contribution in [1.82, 2.24) is 0 Å². The second-order valence-electron chi connectivity index (χ2n) is 4.01. The van der Waals surface area contributed by atoms with Crippen molar-refractivity contribution in [1.29, 1.82) is 0 Å². The highest BCUT2D eigenvalue weighted by Crippen LogP contribution is 2.19. The van der Waals surface area contributed by atoms with Crippen LogP contribution in [0.1, 0.15) is 33.3 Å². The predicted molar refractivity (Wildman–Crippen MR) is 64.3 cm³/mol. The summed E-state index contributed by atoms with van der Waals surface area (Å²) >= 11 is 0. The third-order valence-corrected chi connectivity index (χ3v) is 1.72. The van der Waals surface area contributed by atoms with Gasteiger partial charge >= 0.3 is 0 Å². The first-order chi connectivity index (χ1) is 7.38. The summed E-state index contributed by atoms with van der Waals surface area (Å²) in [4.78, 5) is 0. The minimum absolute atomic E-state index is 0.194. The molecule has 0 aliphatic carbocycles. The maximum Gasteiger partial charge on any atom is 0.123 e. The molecule has 92 valence electrons. The van der Waals surface area contributed by atoms with Gasteiger partial charge in [-0.05, 0) is 44.5 Å². The van der Waals surface area contributed by atoms with E-state index in [0.717, 1.165) is 5.56 Å². The summed E-state index contributed by atoms with van der Waals surface area (Å²) in [6.07, 6.45) is 0. The Balaban J connectivity index is 0.00000106. The standard InChI is InChI=1S/C11H15FO2.C2H6/c1-8-6-9(12)4-5-10(8)14-7-11(2,3)13;1-2/h4-6,13H,7H2,1-3H3;1-2H3. The molecular formula is C13H21FO2. The minimum Gasteiger partial charge on any atom is -0.490 e. The molecule has 0 atom stereocenters. The first-order valence-corrected chi connectivity index (χ1v) is 5.50. The van der Waals surface area contributed by atoms with Gasteiger partial charge in [-0.15, -0.1) is 0 Å². The van der Waals surface area contributed by atoms with Gasteiger partial charge < -0.3 is 9.84 Å². The van der Waals surface area contributed by atoms with E-state index in [4.69, 9.17) is 4.74 Å². The van der Waals surface area contributed by atoms with Gasteiger partial charge in [-0.1, -0.05) is 13.8 Å². The molecule has 0 unspecified atom stereocenters. The number of benzene rings is 1. The van der Waals surface area contributed by atoms with Crippen LogP contribution < -0.4 is 4.74 Å². The van der Waals surface area contributed by atoms with E-state index in [1.54, 1.807) is 26.8 Å². The van der Waals surface area contributed by atoms with Gasteiger partial charge in [-0.2, -0.15) is 0 Å². The van der Waals surface area contributed by atoms with Crippen molar-refractivity contribution in [2.75, 3.05) is 6.61 Å². The van der Waals surface area contributed by atoms with Gasteiger partial charge in [0.2, 0.25) is 0 Å². The van der Waals surface area contributed by atoms with Crippen molar-refractivity contribution in [3.8, 4) is 5.75 Å². The zero-order valence-corrected chi connectivity index (χ0v) is 10.7. The van der Waals surface area contributed by atoms with Crippen LogP contribution in [0.4, 0.5) is 4.39 Å². The highest BCUT2D eigenvalue weighted by atomic mass is 19.1. The molecule has 0 radical (unpaired) electrons. The van der Waals surface area contributed by atoms with Gasteiger partial charge in [-0.3, -0.25) is 0 Å². The maximum atomic E-state index is 12.7. The van der Waals surface area contributed by atoms with E-state index in [1.165, 1.54) is 12.1 Å². The minimum atomic E-state index is -0.874. The topological polar surface area (TPSA) is 29.5 Å². The monoisotopic (exact) mass is 228 g/mol. The lowest BCUT2D eigenvalue weighted by atomic mass is 10.1.